The Hall–Kier alpha value is -2.34. The first-order valence-electron chi connectivity index (χ1n) is 7.82. The van der Waals surface area contributed by atoms with Gasteiger partial charge >= 0.3 is 0 Å². The molecule has 24 heavy (non-hydrogen) atoms. The number of carbonyl (C=O) groups excluding carboxylic acids is 1. The largest absolute Gasteiger partial charge is 0.469 e. The molecule has 1 N–H and O–H groups in total. The van der Waals surface area contributed by atoms with Crippen LogP contribution in [0.5, 0.6) is 5.88 Å². The van der Waals surface area contributed by atoms with Crippen LogP contribution < -0.4 is 4.74 Å². The summed E-state index contributed by atoms with van der Waals surface area (Å²) in [7, 11) is 0. The zero-order chi connectivity index (χ0) is 17.7. The van der Waals surface area contributed by atoms with Crippen molar-refractivity contribution < 1.29 is 19.0 Å². The van der Waals surface area contributed by atoms with Gasteiger partial charge in [0.05, 0.1) is 0 Å². The third-order valence-electron chi connectivity index (χ3n) is 3.58. The molecule has 0 saturated carbocycles. The van der Waals surface area contributed by atoms with Crippen LogP contribution in [0.1, 0.15) is 47.2 Å². The summed E-state index contributed by atoms with van der Waals surface area (Å²) in [5, 5.41) is 9.21. The second-order valence-corrected chi connectivity index (χ2v) is 5.80. The van der Waals surface area contributed by atoms with Crippen LogP contribution in [0.2, 0.25) is 0 Å². The lowest BCUT2D eigenvalue weighted by Crippen LogP contribution is -2.16. The van der Waals surface area contributed by atoms with Gasteiger partial charge in [-0.15, -0.1) is 0 Å². The molecule has 6 heteroatoms. The molecule has 0 radical (unpaired) electrons. The van der Waals surface area contributed by atoms with Crippen LogP contribution in [0, 0.1) is 12.7 Å². The quantitative estimate of drug-likeness (QED) is 0.789. The highest BCUT2D eigenvalue weighted by Gasteiger charge is 2.16. The average molecular weight is 332 g/mol. The van der Waals surface area contributed by atoms with E-state index in [4.69, 9.17) is 4.74 Å². The molecule has 1 aromatic carbocycles. The molecule has 0 amide bonds. The summed E-state index contributed by atoms with van der Waals surface area (Å²) in [6, 6.07) is 5.30. The van der Waals surface area contributed by atoms with Crippen molar-refractivity contribution >= 4 is 5.78 Å². The van der Waals surface area contributed by atoms with E-state index in [-0.39, 0.29) is 24.9 Å². The summed E-state index contributed by atoms with van der Waals surface area (Å²) >= 11 is 0. The Morgan fingerprint density at radius 1 is 1.25 bits per heavy atom. The fourth-order valence-corrected chi connectivity index (χ4v) is 2.22. The van der Waals surface area contributed by atoms with Gasteiger partial charge in [0, 0.05) is 35.8 Å². The Kier molecular flexibility index (Phi) is 5.98. The lowest BCUT2D eigenvalue weighted by molar-refractivity contribution is 0.0916. The van der Waals surface area contributed by atoms with Crippen molar-refractivity contribution in [3.63, 3.8) is 0 Å². The Bertz CT molecular complexity index is 715. The maximum Gasteiger partial charge on any atom is 0.220 e. The number of rotatable bonds is 7. The van der Waals surface area contributed by atoms with E-state index in [0.717, 1.165) is 5.69 Å². The van der Waals surface area contributed by atoms with Crippen molar-refractivity contribution in [3.05, 3.63) is 52.7 Å². The minimum absolute atomic E-state index is 0.0620. The number of carbonyl (C=O) groups is 1. The van der Waals surface area contributed by atoms with Crippen LogP contribution in [-0.4, -0.2) is 34.1 Å². The van der Waals surface area contributed by atoms with Gasteiger partial charge in [-0.25, -0.2) is 9.37 Å². The van der Waals surface area contributed by atoms with Crippen LogP contribution in [0.4, 0.5) is 4.39 Å². The summed E-state index contributed by atoms with van der Waals surface area (Å²) in [5.74, 6) is 0.383. The van der Waals surface area contributed by atoms with Gasteiger partial charge in [-0.05, 0) is 31.2 Å². The molecule has 0 spiro atoms. The number of Topliss-reactive ketones (excluding diaryl/α,β-unsaturated/α-hetero) is 1. The van der Waals surface area contributed by atoms with E-state index in [0.29, 0.717) is 29.3 Å². The summed E-state index contributed by atoms with van der Waals surface area (Å²) < 4.78 is 18.5. The van der Waals surface area contributed by atoms with E-state index in [9.17, 15) is 14.3 Å². The third-order valence-corrected chi connectivity index (χ3v) is 3.58. The molecule has 128 valence electrons. The van der Waals surface area contributed by atoms with Gasteiger partial charge in [0.2, 0.25) is 5.88 Å². The van der Waals surface area contributed by atoms with Gasteiger partial charge in [-0.3, -0.25) is 4.79 Å². The predicted molar refractivity (Wildman–Crippen MR) is 87.9 cm³/mol. The van der Waals surface area contributed by atoms with Crippen molar-refractivity contribution in [1.29, 1.82) is 0 Å². The van der Waals surface area contributed by atoms with Gasteiger partial charge in [0.1, 0.15) is 11.6 Å². The number of hydrogen-bond donors (Lipinski definition) is 1. The zero-order valence-corrected chi connectivity index (χ0v) is 14.0. The fourth-order valence-electron chi connectivity index (χ4n) is 2.22. The van der Waals surface area contributed by atoms with E-state index in [1.54, 1.807) is 0 Å². The van der Waals surface area contributed by atoms with Crippen molar-refractivity contribution in [2.45, 2.75) is 33.1 Å². The van der Waals surface area contributed by atoms with Gasteiger partial charge in [0.15, 0.2) is 12.4 Å². The number of nitrogens with zero attached hydrogens (tertiary/aromatic N) is 2. The monoisotopic (exact) mass is 332 g/mol. The molecule has 0 aliphatic rings. The molecule has 0 aliphatic heterocycles. The van der Waals surface area contributed by atoms with E-state index in [1.807, 2.05) is 20.8 Å². The predicted octanol–water partition coefficient (Wildman–Crippen LogP) is 2.84. The molecule has 0 atom stereocenters. The second kappa shape index (κ2) is 7.97. The standard InChI is InChI=1S/C18H21FN2O3/c1-11(2)17-20-12(3)15(8-9-22)18(21-17)24-10-16(23)13-4-6-14(19)7-5-13/h4-7,11,22H,8-10H2,1-3H3. The molecular formula is C18H21FN2O3. The number of ether oxygens (including phenoxy) is 1. The van der Waals surface area contributed by atoms with Gasteiger partial charge in [-0.2, -0.15) is 4.98 Å². The minimum atomic E-state index is -0.397. The van der Waals surface area contributed by atoms with Crippen LogP contribution in [0.15, 0.2) is 24.3 Å². The lowest BCUT2D eigenvalue weighted by atomic mass is 10.1. The highest BCUT2D eigenvalue weighted by Crippen LogP contribution is 2.22. The summed E-state index contributed by atoms with van der Waals surface area (Å²) in [6.07, 6.45) is 0.351. The Morgan fingerprint density at radius 2 is 1.92 bits per heavy atom. The van der Waals surface area contributed by atoms with E-state index in [1.165, 1.54) is 24.3 Å². The number of ketones is 1. The fraction of sp³-hybridized carbons (Fsp3) is 0.389. The molecule has 2 rings (SSSR count). The molecule has 2 aromatic rings. The first-order valence-corrected chi connectivity index (χ1v) is 7.82. The van der Waals surface area contributed by atoms with Crippen LogP contribution in [-0.2, 0) is 6.42 Å². The maximum absolute atomic E-state index is 12.9. The number of aromatic nitrogens is 2. The summed E-state index contributed by atoms with van der Waals surface area (Å²) in [4.78, 5) is 21.0. The Morgan fingerprint density at radius 3 is 2.50 bits per heavy atom. The number of aliphatic hydroxyl groups excluding tert-OH is 1. The normalized spacial score (nSPS) is 10.9. The minimum Gasteiger partial charge on any atom is -0.469 e. The number of hydrogen-bond acceptors (Lipinski definition) is 5. The molecule has 0 fully saturated rings. The first-order chi connectivity index (χ1) is 11.4. The highest BCUT2D eigenvalue weighted by atomic mass is 19.1. The molecular weight excluding hydrogens is 311 g/mol. The van der Waals surface area contributed by atoms with Crippen molar-refractivity contribution in [1.82, 2.24) is 9.97 Å². The second-order valence-electron chi connectivity index (χ2n) is 5.80. The van der Waals surface area contributed by atoms with Crippen molar-refractivity contribution in [3.8, 4) is 5.88 Å². The Labute approximate surface area is 140 Å². The van der Waals surface area contributed by atoms with E-state index < -0.39 is 5.82 Å². The number of aliphatic hydroxyl groups is 1. The molecule has 0 aliphatic carbocycles. The average Bonchev–Trinajstić information content (AvgIpc) is 2.55. The number of aryl methyl sites for hydroxylation is 1. The molecule has 0 saturated heterocycles. The van der Waals surface area contributed by atoms with Gasteiger partial charge in [-0.1, -0.05) is 13.8 Å². The van der Waals surface area contributed by atoms with Crippen LogP contribution >= 0.6 is 0 Å². The summed E-state index contributed by atoms with van der Waals surface area (Å²) in [5.41, 5.74) is 1.79. The van der Waals surface area contributed by atoms with Crippen LogP contribution in [0.3, 0.4) is 0 Å². The molecule has 1 heterocycles. The molecule has 1 aromatic heterocycles. The van der Waals surface area contributed by atoms with Crippen molar-refractivity contribution in [2.75, 3.05) is 13.2 Å². The zero-order valence-electron chi connectivity index (χ0n) is 14.0. The third kappa shape index (κ3) is 4.35. The van der Waals surface area contributed by atoms with Crippen LogP contribution in [0.25, 0.3) is 0 Å². The van der Waals surface area contributed by atoms with Crippen molar-refractivity contribution in [2.24, 2.45) is 0 Å². The number of benzene rings is 1. The van der Waals surface area contributed by atoms with Gasteiger partial charge < -0.3 is 9.84 Å². The van der Waals surface area contributed by atoms with E-state index in [2.05, 4.69) is 9.97 Å². The first kappa shape index (κ1) is 18.0. The molecule has 0 unspecified atom stereocenters. The maximum atomic E-state index is 12.9. The lowest BCUT2D eigenvalue weighted by Gasteiger charge is -2.14. The Balaban J connectivity index is 2.20. The van der Waals surface area contributed by atoms with Gasteiger partial charge in [0.25, 0.3) is 0 Å². The topological polar surface area (TPSA) is 72.3 Å². The van der Waals surface area contributed by atoms with E-state index >= 15 is 0 Å². The summed E-state index contributed by atoms with van der Waals surface area (Å²) in [6.45, 7) is 5.49. The molecule has 0 bridgehead atoms. The number of halogens is 1. The smallest absolute Gasteiger partial charge is 0.220 e. The SMILES string of the molecule is Cc1nc(C(C)C)nc(OCC(=O)c2ccc(F)cc2)c1CCO. The highest BCUT2D eigenvalue weighted by molar-refractivity contribution is 5.97. The molecule has 5 nitrogen and oxygen atoms in total.